The Morgan fingerprint density at radius 2 is 1.93 bits per heavy atom. The van der Waals surface area contributed by atoms with Crippen LogP contribution in [0, 0.1) is 0 Å². The molecule has 0 saturated carbocycles. The Balaban J connectivity index is 1.43. The van der Waals surface area contributed by atoms with Gasteiger partial charge in [-0.3, -0.25) is 9.48 Å². The highest BCUT2D eigenvalue weighted by Gasteiger charge is 2.32. The van der Waals surface area contributed by atoms with E-state index < -0.39 is 23.6 Å². The second-order valence-electron chi connectivity index (χ2n) is 10.6. The maximum atomic E-state index is 13.5. The molecule has 0 bridgehead atoms. The number of anilines is 2. The molecule has 12 nitrogen and oxygen atoms in total. The number of nitrogens with two attached hydrogens (primary N) is 1. The molecule has 4 rings (SSSR count). The minimum atomic E-state index is -0.745. The number of benzene rings is 1. The Morgan fingerprint density at radius 3 is 2.63 bits per heavy atom. The maximum Gasteiger partial charge on any atom is 0.407 e. The Hall–Kier alpha value is -3.49. The van der Waals surface area contributed by atoms with Gasteiger partial charge in [0, 0.05) is 26.2 Å². The summed E-state index contributed by atoms with van der Waals surface area (Å²) in [7, 11) is 1.77. The van der Waals surface area contributed by atoms with E-state index in [9.17, 15) is 14.4 Å². The third kappa shape index (κ3) is 7.83. The number of nitrogens with zero attached hydrogens (tertiary/aromatic N) is 5. The molecule has 1 aliphatic rings. The van der Waals surface area contributed by atoms with Crippen LogP contribution in [0.3, 0.4) is 0 Å². The van der Waals surface area contributed by atoms with Gasteiger partial charge < -0.3 is 19.7 Å². The first-order valence-electron chi connectivity index (χ1n) is 13.2. The van der Waals surface area contributed by atoms with Crippen LogP contribution in [0.15, 0.2) is 40.4 Å². The van der Waals surface area contributed by atoms with E-state index in [0.29, 0.717) is 34.9 Å². The smallest absolute Gasteiger partial charge is 0.407 e. The summed E-state index contributed by atoms with van der Waals surface area (Å²) in [4.78, 5) is 45.0. The third-order valence-electron chi connectivity index (χ3n) is 6.32. The molecule has 1 saturated heterocycles. The predicted molar refractivity (Wildman–Crippen MR) is 159 cm³/mol. The highest BCUT2D eigenvalue weighted by atomic mass is 79.9. The SMILES string of the molecule is Cn1ncc(N(N)C(=O)c2nc(Br)sc2C(=O)OC(C)(C)C)c1N1CCC[C@@H](NC(=O)OCc2ccccc2)CC1. The fraction of sp³-hybridized carbons (Fsp3) is 0.444. The Morgan fingerprint density at radius 1 is 1.20 bits per heavy atom. The molecule has 0 spiro atoms. The summed E-state index contributed by atoms with van der Waals surface area (Å²) in [6.07, 6.45) is 3.26. The van der Waals surface area contributed by atoms with Crippen LogP contribution in [0.2, 0.25) is 0 Å². The first-order chi connectivity index (χ1) is 19.4. The van der Waals surface area contributed by atoms with E-state index in [4.69, 9.17) is 15.3 Å². The fourth-order valence-corrected chi connectivity index (χ4v) is 5.79. The molecule has 14 heteroatoms. The topological polar surface area (TPSA) is 145 Å². The van der Waals surface area contributed by atoms with Crippen molar-refractivity contribution in [2.24, 2.45) is 12.9 Å². The molecule has 0 unspecified atom stereocenters. The number of alkyl carbamates (subject to hydrolysis) is 1. The van der Waals surface area contributed by atoms with Gasteiger partial charge in [0.25, 0.3) is 5.91 Å². The summed E-state index contributed by atoms with van der Waals surface area (Å²) in [6.45, 7) is 6.69. The van der Waals surface area contributed by atoms with Crippen molar-refractivity contribution in [3.05, 3.63) is 56.6 Å². The lowest BCUT2D eigenvalue weighted by molar-refractivity contribution is 0.00731. The van der Waals surface area contributed by atoms with E-state index in [1.807, 2.05) is 30.3 Å². The lowest BCUT2D eigenvalue weighted by atomic mass is 10.1. The number of rotatable bonds is 7. The zero-order valence-corrected chi connectivity index (χ0v) is 25.8. The maximum absolute atomic E-state index is 13.5. The van der Waals surface area contributed by atoms with Crippen LogP contribution in [0.1, 0.15) is 65.8 Å². The number of nitrogens with one attached hydrogen (secondary N) is 1. The number of hydrazine groups is 1. The van der Waals surface area contributed by atoms with E-state index >= 15 is 0 Å². The second kappa shape index (κ2) is 13.0. The van der Waals surface area contributed by atoms with Crippen molar-refractivity contribution in [2.45, 2.75) is 58.3 Å². The molecule has 2 amide bonds. The number of thiazole rings is 1. The van der Waals surface area contributed by atoms with E-state index in [1.54, 1.807) is 32.5 Å². The molecule has 1 aliphatic heterocycles. The summed E-state index contributed by atoms with van der Waals surface area (Å²) >= 11 is 4.27. The number of carbonyl (C=O) groups excluding carboxylic acids is 3. The molecule has 1 atom stereocenters. The normalized spacial score (nSPS) is 15.7. The van der Waals surface area contributed by atoms with Gasteiger partial charge in [0.1, 0.15) is 22.8 Å². The number of amides is 2. The Kier molecular flexibility index (Phi) is 9.66. The lowest BCUT2D eigenvalue weighted by Crippen LogP contribution is -2.40. The van der Waals surface area contributed by atoms with Crippen LogP contribution in [0.4, 0.5) is 16.3 Å². The standard InChI is InChI=1S/C27H34BrN7O5S/c1-27(2,3)40-24(37)21-20(32-25(28)41-21)23(36)35(29)19-15-30-33(4)22(19)34-13-8-11-18(12-14-34)31-26(38)39-16-17-9-6-5-7-10-17/h5-7,9-10,15,18H,8,11-14,16,29H2,1-4H3,(H,31,38)/t18-/m1/s1. The van der Waals surface area contributed by atoms with E-state index in [1.165, 1.54) is 6.20 Å². The fourth-order valence-electron chi connectivity index (χ4n) is 4.47. The number of carbonyl (C=O) groups is 3. The van der Waals surface area contributed by atoms with Gasteiger partial charge in [-0.05, 0) is 61.5 Å². The molecule has 41 heavy (non-hydrogen) atoms. The molecule has 2 aromatic heterocycles. The molecule has 1 fully saturated rings. The van der Waals surface area contributed by atoms with Crippen molar-refractivity contribution >= 4 is 56.7 Å². The average molecular weight is 649 g/mol. The quantitative estimate of drug-likeness (QED) is 0.165. The largest absolute Gasteiger partial charge is 0.456 e. The summed E-state index contributed by atoms with van der Waals surface area (Å²) in [5, 5.41) is 8.27. The Labute approximate surface area is 250 Å². The molecule has 0 aliphatic carbocycles. The zero-order valence-electron chi connectivity index (χ0n) is 23.4. The number of aromatic nitrogens is 3. The number of halogens is 1. The molecule has 3 N–H and O–H groups in total. The predicted octanol–water partition coefficient (Wildman–Crippen LogP) is 4.40. The van der Waals surface area contributed by atoms with Crippen LogP contribution in [-0.2, 0) is 23.1 Å². The molecule has 220 valence electrons. The van der Waals surface area contributed by atoms with Crippen molar-refractivity contribution in [3.8, 4) is 0 Å². The molecule has 0 radical (unpaired) electrons. The number of esters is 1. The van der Waals surface area contributed by atoms with Gasteiger partial charge in [0.15, 0.2) is 15.4 Å². The van der Waals surface area contributed by atoms with Gasteiger partial charge in [-0.1, -0.05) is 41.7 Å². The highest BCUT2D eigenvalue weighted by Crippen LogP contribution is 2.32. The van der Waals surface area contributed by atoms with Gasteiger partial charge in [-0.2, -0.15) is 5.10 Å². The van der Waals surface area contributed by atoms with E-state index in [0.717, 1.165) is 34.8 Å². The number of aryl methyl sites for hydroxylation is 1. The molecular formula is C27H34BrN7O5S. The van der Waals surface area contributed by atoms with Crippen LogP contribution in [0.25, 0.3) is 0 Å². The van der Waals surface area contributed by atoms with Crippen LogP contribution < -0.4 is 21.1 Å². The van der Waals surface area contributed by atoms with Crippen LogP contribution in [0.5, 0.6) is 0 Å². The zero-order chi connectivity index (χ0) is 29.7. The molecule has 1 aromatic carbocycles. The average Bonchev–Trinajstić information content (AvgIpc) is 3.42. The number of hydrogen-bond acceptors (Lipinski definition) is 10. The van der Waals surface area contributed by atoms with Crippen LogP contribution in [-0.4, -0.2) is 57.5 Å². The summed E-state index contributed by atoms with van der Waals surface area (Å²) in [5.41, 5.74) is 0.431. The molecule has 3 heterocycles. The minimum absolute atomic E-state index is 0.0560. The highest BCUT2D eigenvalue weighted by molar-refractivity contribution is 9.11. The van der Waals surface area contributed by atoms with E-state index in [-0.39, 0.29) is 23.2 Å². The lowest BCUT2D eigenvalue weighted by Gasteiger charge is -2.26. The first kappa shape index (κ1) is 30.5. The van der Waals surface area contributed by atoms with Crippen molar-refractivity contribution in [1.29, 1.82) is 0 Å². The number of hydrogen-bond donors (Lipinski definition) is 2. The van der Waals surface area contributed by atoms with Gasteiger partial charge in [0.2, 0.25) is 0 Å². The first-order valence-corrected chi connectivity index (χ1v) is 14.8. The van der Waals surface area contributed by atoms with E-state index in [2.05, 4.69) is 36.2 Å². The van der Waals surface area contributed by atoms with Gasteiger partial charge in [-0.15, -0.1) is 0 Å². The van der Waals surface area contributed by atoms with Crippen LogP contribution >= 0.6 is 27.3 Å². The monoisotopic (exact) mass is 647 g/mol. The third-order valence-corrected chi connectivity index (χ3v) is 7.80. The summed E-state index contributed by atoms with van der Waals surface area (Å²) < 4.78 is 12.9. The van der Waals surface area contributed by atoms with Gasteiger partial charge in [0.05, 0.1) is 6.20 Å². The second-order valence-corrected chi connectivity index (χ2v) is 12.9. The molecular weight excluding hydrogens is 614 g/mol. The van der Waals surface area contributed by atoms with Crippen molar-refractivity contribution in [2.75, 3.05) is 23.0 Å². The molecule has 3 aromatic rings. The summed E-state index contributed by atoms with van der Waals surface area (Å²) in [5.74, 6) is 5.65. The minimum Gasteiger partial charge on any atom is -0.456 e. The van der Waals surface area contributed by atoms with Gasteiger partial charge in [-0.25, -0.2) is 25.4 Å². The van der Waals surface area contributed by atoms with Crippen molar-refractivity contribution in [3.63, 3.8) is 0 Å². The van der Waals surface area contributed by atoms with Gasteiger partial charge >= 0.3 is 12.1 Å². The van der Waals surface area contributed by atoms with Crippen molar-refractivity contribution in [1.82, 2.24) is 20.1 Å². The van der Waals surface area contributed by atoms with Crippen molar-refractivity contribution < 1.29 is 23.9 Å². The number of ether oxygens (including phenoxy) is 2. The summed E-state index contributed by atoms with van der Waals surface area (Å²) in [6, 6.07) is 9.44. The Bertz CT molecular complexity index is 1390.